The third kappa shape index (κ3) is 2.05. The minimum Gasteiger partial charge on any atom is -0.462 e. The van der Waals surface area contributed by atoms with E-state index in [0.29, 0.717) is 10.7 Å². The lowest BCUT2D eigenvalue weighted by Crippen LogP contribution is -2.14. The molecule has 0 unspecified atom stereocenters. The van der Waals surface area contributed by atoms with Crippen molar-refractivity contribution in [3.8, 4) is 0 Å². The number of amides is 1. The molecule has 1 aliphatic heterocycles. The van der Waals surface area contributed by atoms with Gasteiger partial charge in [-0.05, 0) is 0 Å². The van der Waals surface area contributed by atoms with Crippen molar-refractivity contribution in [2.45, 2.75) is 0 Å². The lowest BCUT2D eigenvalue weighted by molar-refractivity contribution is -0.113. The van der Waals surface area contributed by atoms with E-state index in [0.717, 1.165) is 5.56 Å². The van der Waals surface area contributed by atoms with Crippen molar-refractivity contribution in [2.24, 2.45) is 5.73 Å². The highest BCUT2D eigenvalue weighted by Crippen LogP contribution is 2.32. The molecule has 0 spiro atoms. The Kier molecular flexibility index (Phi) is 2.78. The maximum absolute atomic E-state index is 11.2. The topological polar surface area (TPSA) is 52.3 Å². The average Bonchev–Trinajstić information content (AvgIpc) is 2.30. The van der Waals surface area contributed by atoms with Gasteiger partial charge < -0.3 is 10.5 Å². The van der Waals surface area contributed by atoms with E-state index in [1.807, 2.05) is 30.3 Å². The maximum Gasteiger partial charge on any atom is 0.259 e. The van der Waals surface area contributed by atoms with Crippen molar-refractivity contribution in [3.63, 3.8) is 0 Å². The van der Waals surface area contributed by atoms with E-state index in [4.69, 9.17) is 10.5 Å². The fourth-order valence-corrected chi connectivity index (χ4v) is 1.89. The van der Waals surface area contributed by atoms with Crippen molar-refractivity contribution < 1.29 is 9.53 Å². The van der Waals surface area contributed by atoms with E-state index in [2.05, 4.69) is 0 Å². The highest BCUT2D eigenvalue weighted by atomic mass is 32.2. The minimum atomic E-state index is -0.469. The second-order valence-electron chi connectivity index (χ2n) is 2.90. The molecule has 1 amide bonds. The van der Waals surface area contributed by atoms with Gasteiger partial charge in [-0.15, -0.1) is 0 Å². The molecule has 0 radical (unpaired) electrons. The maximum atomic E-state index is 11.2. The summed E-state index contributed by atoms with van der Waals surface area (Å²) in [4.78, 5) is 11.6. The molecule has 0 fully saturated rings. The molecule has 0 bridgehead atoms. The quantitative estimate of drug-likeness (QED) is 0.828. The van der Waals surface area contributed by atoms with Crippen LogP contribution in [-0.4, -0.2) is 5.91 Å². The first-order valence-corrected chi connectivity index (χ1v) is 5.25. The Balaban J connectivity index is 2.45. The van der Waals surface area contributed by atoms with Crippen LogP contribution in [0.25, 0.3) is 5.76 Å². The first-order chi connectivity index (χ1) is 7.29. The summed E-state index contributed by atoms with van der Waals surface area (Å²) in [7, 11) is 0. The molecule has 1 heterocycles. The van der Waals surface area contributed by atoms with Gasteiger partial charge in [0.05, 0.1) is 6.26 Å². The number of primary amides is 1. The van der Waals surface area contributed by atoms with Gasteiger partial charge in [-0.1, -0.05) is 42.1 Å². The summed E-state index contributed by atoms with van der Waals surface area (Å²) < 4.78 is 5.32. The number of benzene rings is 1. The molecule has 0 atom stereocenters. The second kappa shape index (κ2) is 4.23. The SMILES string of the molecule is NC(=O)C1=C(c2ccccc2)OC=CS1. The first-order valence-electron chi connectivity index (χ1n) is 4.37. The van der Waals surface area contributed by atoms with Gasteiger partial charge in [0.1, 0.15) is 4.91 Å². The van der Waals surface area contributed by atoms with E-state index in [-0.39, 0.29) is 0 Å². The van der Waals surface area contributed by atoms with Crippen LogP contribution in [0.15, 0.2) is 46.9 Å². The molecule has 0 saturated carbocycles. The number of carbonyl (C=O) groups excluding carboxylic acids is 1. The number of hydrogen-bond donors (Lipinski definition) is 1. The first kappa shape index (κ1) is 9.86. The Hall–Kier alpha value is -1.68. The minimum absolute atomic E-state index is 0.434. The van der Waals surface area contributed by atoms with Gasteiger partial charge in [-0.3, -0.25) is 4.79 Å². The fourth-order valence-electron chi connectivity index (χ4n) is 1.26. The van der Waals surface area contributed by atoms with Gasteiger partial charge in [0.2, 0.25) is 0 Å². The number of rotatable bonds is 2. The normalized spacial score (nSPS) is 14.9. The summed E-state index contributed by atoms with van der Waals surface area (Å²) in [5, 5.41) is 1.69. The Morgan fingerprint density at radius 1 is 1.27 bits per heavy atom. The highest BCUT2D eigenvalue weighted by Gasteiger charge is 2.17. The van der Waals surface area contributed by atoms with Crippen molar-refractivity contribution in [1.82, 2.24) is 0 Å². The van der Waals surface area contributed by atoms with Gasteiger partial charge in [0.15, 0.2) is 5.76 Å². The van der Waals surface area contributed by atoms with E-state index in [9.17, 15) is 4.79 Å². The Morgan fingerprint density at radius 2 is 2.00 bits per heavy atom. The molecule has 4 heteroatoms. The molecule has 2 rings (SSSR count). The predicted octanol–water partition coefficient (Wildman–Crippen LogP) is 2.08. The number of ether oxygens (including phenoxy) is 1. The summed E-state index contributed by atoms with van der Waals surface area (Å²) in [5.74, 6) is 0.0544. The summed E-state index contributed by atoms with van der Waals surface area (Å²) in [5.41, 5.74) is 6.11. The van der Waals surface area contributed by atoms with Crippen molar-refractivity contribution >= 4 is 23.4 Å². The average molecular weight is 219 g/mol. The molecule has 76 valence electrons. The van der Waals surface area contributed by atoms with Gasteiger partial charge >= 0.3 is 0 Å². The summed E-state index contributed by atoms with van der Waals surface area (Å²) >= 11 is 1.27. The zero-order valence-electron chi connectivity index (χ0n) is 7.84. The Labute approximate surface area is 91.6 Å². The summed E-state index contributed by atoms with van der Waals surface area (Å²) in [6, 6.07) is 9.41. The summed E-state index contributed by atoms with van der Waals surface area (Å²) in [6.45, 7) is 0. The third-order valence-corrected chi connectivity index (χ3v) is 2.76. The van der Waals surface area contributed by atoms with Crippen LogP contribution in [0.2, 0.25) is 0 Å². The van der Waals surface area contributed by atoms with Crippen molar-refractivity contribution in [2.75, 3.05) is 0 Å². The van der Waals surface area contributed by atoms with Crippen molar-refractivity contribution in [1.29, 1.82) is 0 Å². The van der Waals surface area contributed by atoms with Crippen molar-refractivity contribution in [3.05, 3.63) is 52.5 Å². The number of hydrogen-bond acceptors (Lipinski definition) is 3. The van der Waals surface area contributed by atoms with E-state index < -0.39 is 5.91 Å². The van der Waals surface area contributed by atoms with Crippen LogP contribution < -0.4 is 5.73 Å². The van der Waals surface area contributed by atoms with Crippen LogP contribution in [0.1, 0.15) is 5.56 Å². The third-order valence-electron chi connectivity index (χ3n) is 1.89. The molecule has 1 aromatic rings. The van der Waals surface area contributed by atoms with E-state index in [1.165, 1.54) is 11.8 Å². The van der Waals surface area contributed by atoms with E-state index in [1.54, 1.807) is 11.7 Å². The zero-order valence-corrected chi connectivity index (χ0v) is 8.66. The predicted molar refractivity (Wildman–Crippen MR) is 60.4 cm³/mol. The molecule has 0 saturated heterocycles. The molecule has 1 aromatic carbocycles. The number of carbonyl (C=O) groups is 1. The van der Waals surface area contributed by atoms with Crippen LogP contribution in [0.5, 0.6) is 0 Å². The molecular weight excluding hydrogens is 210 g/mol. The molecule has 0 aromatic heterocycles. The standard InChI is InChI=1S/C11H9NO2S/c12-11(13)10-9(14-6-7-15-10)8-4-2-1-3-5-8/h1-7H,(H2,12,13). The Bertz CT molecular complexity index is 437. The molecule has 15 heavy (non-hydrogen) atoms. The second-order valence-corrected chi connectivity index (χ2v) is 3.81. The van der Waals surface area contributed by atoms with Crippen LogP contribution in [0.4, 0.5) is 0 Å². The number of nitrogens with two attached hydrogens (primary N) is 1. The van der Waals surface area contributed by atoms with Gasteiger partial charge in [-0.2, -0.15) is 0 Å². The summed E-state index contributed by atoms with van der Waals surface area (Å²) in [6.07, 6.45) is 1.54. The van der Waals surface area contributed by atoms with Crippen LogP contribution >= 0.6 is 11.8 Å². The largest absolute Gasteiger partial charge is 0.462 e. The Morgan fingerprint density at radius 3 is 2.67 bits per heavy atom. The lowest BCUT2D eigenvalue weighted by Gasteiger charge is -2.13. The number of thioether (sulfide) groups is 1. The van der Waals surface area contributed by atoms with Crippen LogP contribution in [-0.2, 0) is 9.53 Å². The van der Waals surface area contributed by atoms with E-state index >= 15 is 0 Å². The van der Waals surface area contributed by atoms with Crippen LogP contribution in [0, 0.1) is 0 Å². The zero-order chi connectivity index (χ0) is 10.7. The smallest absolute Gasteiger partial charge is 0.259 e. The van der Waals surface area contributed by atoms with Crippen LogP contribution in [0.3, 0.4) is 0 Å². The lowest BCUT2D eigenvalue weighted by atomic mass is 10.2. The molecule has 3 nitrogen and oxygen atoms in total. The molecule has 2 N–H and O–H groups in total. The monoisotopic (exact) mass is 219 g/mol. The molecule has 1 aliphatic rings. The molecular formula is C11H9NO2S. The van der Waals surface area contributed by atoms with Gasteiger partial charge in [0.25, 0.3) is 5.91 Å². The highest BCUT2D eigenvalue weighted by molar-refractivity contribution is 8.06. The molecule has 0 aliphatic carbocycles. The van der Waals surface area contributed by atoms with Gasteiger partial charge in [-0.25, -0.2) is 0 Å². The fraction of sp³-hybridized carbons (Fsp3) is 0. The van der Waals surface area contributed by atoms with Gasteiger partial charge in [0, 0.05) is 11.0 Å².